The number of carbonyl (C=O) groups excluding carboxylic acids is 1. The molecule has 120 valence electrons. The van der Waals surface area contributed by atoms with Crippen LogP contribution in [0.4, 0.5) is 0 Å². The van der Waals surface area contributed by atoms with Gasteiger partial charge in [0.15, 0.2) is 4.77 Å². The molecule has 1 aliphatic heterocycles. The summed E-state index contributed by atoms with van der Waals surface area (Å²) in [6.45, 7) is 1.98. The average molecular weight is 331 g/mol. The highest BCUT2D eigenvalue weighted by Crippen LogP contribution is 2.12. The number of H-pyrrole nitrogens is 2. The normalized spacial score (nSPS) is 14.5. The molecule has 3 rings (SSSR count). The molecule has 1 aliphatic rings. The fraction of sp³-hybridized carbons (Fsp3) is 0.312. The Kier molecular flexibility index (Phi) is 4.68. The van der Waals surface area contributed by atoms with E-state index in [1.165, 1.54) is 5.57 Å². The second kappa shape index (κ2) is 6.89. The number of carbonyl (C=O) groups is 1. The molecule has 0 spiro atoms. The molecule has 23 heavy (non-hydrogen) atoms. The van der Waals surface area contributed by atoms with Gasteiger partial charge in [-0.15, -0.1) is 0 Å². The first kappa shape index (κ1) is 15.6. The third-order valence-electron chi connectivity index (χ3n) is 3.79. The molecule has 0 radical (unpaired) electrons. The molecule has 6 nitrogen and oxygen atoms in total. The molecular weight excluding hydrogens is 314 g/mol. The van der Waals surface area contributed by atoms with E-state index < -0.39 is 0 Å². The van der Waals surface area contributed by atoms with Gasteiger partial charge in [0.25, 0.3) is 11.5 Å². The van der Waals surface area contributed by atoms with Gasteiger partial charge in [0.05, 0.1) is 24.1 Å². The van der Waals surface area contributed by atoms with Crippen LogP contribution in [0.25, 0.3) is 10.9 Å². The van der Waals surface area contributed by atoms with Gasteiger partial charge in [-0.25, -0.2) is 0 Å². The highest BCUT2D eigenvalue weighted by molar-refractivity contribution is 7.71. The summed E-state index contributed by atoms with van der Waals surface area (Å²) in [5.74, 6) is -0.167. The topological polar surface area (TPSA) is 87.0 Å². The summed E-state index contributed by atoms with van der Waals surface area (Å²) in [6, 6.07) is 4.90. The van der Waals surface area contributed by atoms with Gasteiger partial charge in [0, 0.05) is 12.1 Å². The molecule has 0 saturated carbocycles. The van der Waals surface area contributed by atoms with E-state index in [1.807, 2.05) is 0 Å². The minimum atomic E-state index is -0.262. The molecule has 1 amide bonds. The third-order valence-corrected chi connectivity index (χ3v) is 3.99. The summed E-state index contributed by atoms with van der Waals surface area (Å²) in [6.07, 6.45) is 3.81. The molecule has 3 N–H and O–H groups in total. The molecular formula is C16H17N3O3S. The molecule has 7 heteroatoms. The van der Waals surface area contributed by atoms with Crippen LogP contribution in [0.1, 0.15) is 23.2 Å². The van der Waals surface area contributed by atoms with E-state index in [0.29, 0.717) is 29.6 Å². The number of hydrogen-bond donors (Lipinski definition) is 3. The van der Waals surface area contributed by atoms with Crippen LogP contribution in [0.5, 0.6) is 0 Å². The van der Waals surface area contributed by atoms with Crippen LogP contribution in [0.2, 0.25) is 0 Å². The molecule has 0 bridgehead atoms. The quantitative estimate of drug-likeness (QED) is 0.591. The minimum Gasteiger partial charge on any atom is -0.377 e. The summed E-state index contributed by atoms with van der Waals surface area (Å²) in [5.41, 5.74) is 2.10. The number of benzene rings is 1. The lowest BCUT2D eigenvalue weighted by molar-refractivity contribution is 0.0953. The summed E-state index contributed by atoms with van der Waals surface area (Å²) < 4.78 is 5.49. The standard InChI is InChI=1S/C16H17N3O3S/c20-14(17-6-3-10-4-7-22-8-5-10)11-1-2-12-13(9-11)18-16(23)19-15(12)21/h1-2,4,9H,3,5-8H2,(H,17,20)(H2,18,19,21,23). The van der Waals surface area contributed by atoms with Crippen molar-refractivity contribution < 1.29 is 9.53 Å². The number of nitrogens with one attached hydrogen (secondary N) is 3. The van der Waals surface area contributed by atoms with Gasteiger partial charge < -0.3 is 15.0 Å². The van der Waals surface area contributed by atoms with E-state index in [0.717, 1.165) is 19.4 Å². The Morgan fingerprint density at radius 3 is 3.00 bits per heavy atom. The maximum Gasteiger partial charge on any atom is 0.259 e. The predicted octanol–water partition coefficient (Wildman–Crippen LogP) is 2.05. The van der Waals surface area contributed by atoms with E-state index in [1.54, 1.807) is 18.2 Å². The van der Waals surface area contributed by atoms with Crippen molar-refractivity contribution in [3.05, 3.63) is 50.5 Å². The Balaban J connectivity index is 1.69. The van der Waals surface area contributed by atoms with Gasteiger partial charge in [-0.05, 0) is 43.3 Å². The van der Waals surface area contributed by atoms with E-state index in [9.17, 15) is 9.59 Å². The Morgan fingerprint density at radius 1 is 1.35 bits per heavy atom. The lowest BCUT2D eigenvalue weighted by atomic mass is 10.1. The van der Waals surface area contributed by atoms with Gasteiger partial charge in [-0.3, -0.25) is 14.6 Å². The van der Waals surface area contributed by atoms with Crippen LogP contribution < -0.4 is 10.9 Å². The second-order valence-corrected chi connectivity index (χ2v) is 5.77. The van der Waals surface area contributed by atoms with Crippen LogP contribution in [-0.4, -0.2) is 35.6 Å². The lowest BCUT2D eigenvalue weighted by Crippen LogP contribution is -2.25. The van der Waals surface area contributed by atoms with Crippen LogP contribution in [0, 0.1) is 4.77 Å². The fourth-order valence-corrected chi connectivity index (χ4v) is 2.74. The molecule has 2 heterocycles. The molecule has 2 aromatic rings. The van der Waals surface area contributed by atoms with Crippen LogP contribution in [0.15, 0.2) is 34.6 Å². The molecule has 0 aliphatic carbocycles. The molecule has 1 aromatic carbocycles. The van der Waals surface area contributed by atoms with Crippen LogP contribution in [-0.2, 0) is 4.74 Å². The molecule has 0 unspecified atom stereocenters. The van der Waals surface area contributed by atoms with Gasteiger partial charge >= 0.3 is 0 Å². The van der Waals surface area contributed by atoms with Crippen molar-refractivity contribution in [3.8, 4) is 0 Å². The van der Waals surface area contributed by atoms with E-state index in [-0.39, 0.29) is 16.2 Å². The van der Waals surface area contributed by atoms with Crippen LogP contribution >= 0.6 is 12.2 Å². The number of aromatic amines is 2. The average Bonchev–Trinajstić information content (AvgIpc) is 2.55. The SMILES string of the molecule is O=C(NCCC1=CCOCC1)c1ccc2c(=O)[nH]c(=S)[nH]c2c1. The van der Waals surface area contributed by atoms with Crippen molar-refractivity contribution >= 4 is 29.0 Å². The van der Waals surface area contributed by atoms with Gasteiger partial charge in [-0.2, -0.15) is 0 Å². The van der Waals surface area contributed by atoms with Crippen molar-refractivity contribution in [2.75, 3.05) is 19.8 Å². The largest absolute Gasteiger partial charge is 0.377 e. The Bertz CT molecular complexity index is 882. The highest BCUT2D eigenvalue weighted by Gasteiger charge is 2.09. The third kappa shape index (κ3) is 3.75. The van der Waals surface area contributed by atoms with Crippen molar-refractivity contribution in [1.29, 1.82) is 0 Å². The zero-order chi connectivity index (χ0) is 16.2. The first-order valence-corrected chi connectivity index (χ1v) is 7.84. The summed E-state index contributed by atoms with van der Waals surface area (Å²) in [4.78, 5) is 29.4. The second-order valence-electron chi connectivity index (χ2n) is 5.36. The zero-order valence-corrected chi connectivity index (χ0v) is 13.3. The summed E-state index contributed by atoms with van der Waals surface area (Å²) >= 11 is 4.95. The molecule has 0 atom stereocenters. The van der Waals surface area contributed by atoms with Crippen molar-refractivity contribution in [2.24, 2.45) is 0 Å². The molecule has 0 saturated heterocycles. The number of fused-ring (bicyclic) bond motifs is 1. The van der Waals surface area contributed by atoms with Crippen molar-refractivity contribution in [1.82, 2.24) is 15.3 Å². The summed E-state index contributed by atoms with van der Waals surface area (Å²) in [7, 11) is 0. The van der Waals surface area contributed by atoms with E-state index in [2.05, 4.69) is 21.4 Å². The van der Waals surface area contributed by atoms with Crippen LogP contribution in [0.3, 0.4) is 0 Å². The van der Waals surface area contributed by atoms with Gasteiger partial charge in [0.2, 0.25) is 0 Å². The lowest BCUT2D eigenvalue weighted by Gasteiger charge is -2.13. The fourth-order valence-electron chi connectivity index (χ4n) is 2.54. The molecule has 0 fully saturated rings. The maximum absolute atomic E-state index is 12.2. The Hall–Kier alpha value is -2.25. The zero-order valence-electron chi connectivity index (χ0n) is 12.5. The number of aromatic nitrogens is 2. The Morgan fingerprint density at radius 2 is 2.22 bits per heavy atom. The maximum atomic E-state index is 12.2. The first-order chi connectivity index (χ1) is 11.1. The number of amides is 1. The molecule has 1 aromatic heterocycles. The minimum absolute atomic E-state index is 0.167. The van der Waals surface area contributed by atoms with Crippen molar-refractivity contribution in [2.45, 2.75) is 12.8 Å². The highest BCUT2D eigenvalue weighted by atomic mass is 32.1. The van der Waals surface area contributed by atoms with E-state index >= 15 is 0 Å². The van der Waals surface area contributed by atoms with E-state index in [4.69, 9.17) is 17.0 Å². The van der Waals surface area contributed by atoms with Gasteiger partial charge in [-0.1, -0.05) is 11.6 Å². The summed E-state index contributed by atoms with van der Waals surface area (Å²) in [5, 5.41) is 3.37. The monoisotopic (exact) mass is 331 g/mol. The smallest absolute Gasteiger partial charge is 0.259 e. The predicted molar refractivity (Wildman–Crippen MR) is 90.2 cm³/mol. The number of rotatable bonds is 4. The Labute approximate surface area is 137 Å². The van der Waals surface area contributed by atoms with Crippen molar-refractivity contribution in [3.63, 3.8) is 0 Å². The number of ether oxygens (including phenoxy) is 1. The first-order valence-electron chi connectivity index (χ1n) is 7.44. The van der Waals surface area contributed by atoms with Gasteiger partial charge in [0.1, 0.15) is 0 Å². The number of hydrogen-bond acceptors (Lipinski definition) is 4.